The van der Waals surface area contributed by atoms with Crippen LogP contribution in [0.4, 0.5) is 0 Å². The predicted molar refractivity (Wildman–Crippen MR) is 148 cm³/mol. The first-order valence-electron chi connectivity index (χ1n) is 12.1. The van der Waals surface area contributed by atoms with Crippen LogP contribution in [0.25, 0.3) is 11.1 Å². The molecule has 4 nitrogen and oxygen atoms in total. The quantitative estimate of drug-likeness (QED) is 0.186. The molecule has 0 radical (unpaired) electrons. The summed E-state index contributed by atoms with van der Waals surface area (Å²) in [5.74, 6) is 0.0444. The molecule has 0 saturated carbocycles. The number of carbonyl (C=O) groups is 2. The summed E-state index contributed by atoms with van der Waals surface area (Å²) in [6.07, 6.45) is 0. The topological polar surface area (TPSA) is 60.4 Å². The van der Waals surface area contributed by atoms with E-state index in [0.717, 1.165) is 44.5 Å². The van der Waals surface area contributed by atoms with Crippen molar-refractivity contribution < 1.29 is 18.7 Å². The Morgan fingerprint density at radius 1 is 0.595 bits per heavy atom. The minimum atomic E-state index is -0.518. The van der Waals surface area contributed by atoms with Crippen LogP contribution in [-0.4, -0.2) is 11.6 Å². The standard InChI is InChI=1S/C32H29O4P/c1-18-15-16-24(21(4)20(18)3)31(33)26-12-8-7-11-25(26)30-19(2)17-28(22(5)23(30)6)32(34)27-13-9-10-14-29(27)36-37-35/h7-17H,1-6H3. The number of hydrogen-bond donors (Lipinski definition) is 0. The maximum atomic E-state index is 13.8. The lowest BCUT2D eigenvalue weighted by Gasteiger charge is -2.19. The van der Waals surface area contributed by atoms with Crippen LogP contribution in [0, 0.1) is 41.5 Å². The van der Waals surface area contributed by atoms with E-state index in [-0.39, 0.29) is 17.3 Å². The van der Waals surface area contributed by atoms with Gasteiger partial charge in [-0.3, -0.25) is 9.59 Å². The molecule has 0 fully saturated rings. The molecule has 4 aromatic carbocycles. The average Bonchev–Trinajstić information content (AvgIpc) is 2.89. The number of para-hydroxylation sites is 1. The van der Waals surface area contributed by atoms with Crippen molar-refractivity contribution in [2.75, 3.05) is 0 Å². The van der Waals surface area contributed by atoms with Crippen molar-refractivity contribution in [1.82, 2.24) is 0 Å². The van der Waals surface area contributed by atoms with Crippen molar-refractivity contribution in [1.29, 1.82) is 0 Å². The molecular weight excluding hydrogens is 479 g/mol. The molecule has 0 saturated heterocycles. The molecule has 0 aliphatic heterocycles. The number of carbonyl (C=O) groups excluding carboxylic acids is 2. The predicted octanol–water partition coefficient (Wildman–Crippen LogP) is 8.25. The molecule has 5 heteroatoms. The summed E-state index contributed by atoms with van der Waals surface area (Å²) >= 11 is 0. The zero-order valence-corrected chi connectivity index (χ0v) is 22.8. The fourth-order valence-corrected chi connectivity index (χ4v) is 5.14. The Labute approximate surface area is 219 Å². The van der Waals surface area contributed by atoms with Gasteiger partial charge in [-0.25, -0.2) is 4.57 Å². The van der Waals surface area contributed by atoms with Gasteiger partial charge in [-0.15, -0.1) is 0 Å². The summed E-state index contributed by atoms with van der Waals surface area (Å²) in [4.78, 5) is 27.3. The first-order chi connectivity index (χ1) is 17.7. The minimum Gasteiger partial charge on any atom is -0.407 e. The average molecular weight is 509 g/mol. The van der Waals surface area contributed by atoms with Crippen molar-refractivity contribution in [2.45, 2.75) is 41.5 Å². The van der Waals surface area contributed by atoms with E-state index in [9.17, 15) is 14.2 Å². The van der Waals surface area contributed by atoms with Crippen LogP contribution in [-0.2, 0) is 4.57 Å². The minimum absolute atomic E-state index is 0.0179. The van der Waals surface area contributed by atoms with Gasteiger partial charge in [0, 0.05) is 16.7 Å². The highest BCUT2D eigenvalue weighted by Crippen LogP contribution is 2.36. The van der Waals surface area contributed by atoms with E-state index in [1.54, 1.807) is 24.3 Å². The highest BCUT2D eigenvalue weighted by atomic mass is 31.1. The zero-order chi connectivity index (χ0) is 26.9. The third-order valence-corrected chi connectivity index (χ3v) is 7.62. The molecule has 4 rings (SSSR count). The third-order valence-electron chi connectivity index (χ3n) is 7.35. The molecule has 37 heavy (non-hydrogen) atoms. The van der Waals surface area contributed by atoms with Crippen molar-refractivity contribution in [3.05, 3.63) is 122 Å². The lowest BCUT2D eigenvalue weighted by molar-refractivity contribution is 0.102. The maximum Gasteiger partial charge on any atom is 0.395 e. The van der Waals surface area contributed by atoms with Gasteiger partial charge < -0.3 is 4.52 Å². The fourth-order valence-electron chi connectivity index (χ4n) is 4.90. The van der Waals surface area contributed by atoms with Gasteiger partial charge >= 0.3 is 8.69 Å². The van der Waals surface area contributed by atoms with Crippen molar-refractivity contribution in [2.24, 2.45) is 0 Å². The first kappa shape index (κ1) is 26.2. The van der Waals surface area contributed by atoms with Gasteiger partial charge in [0.05, 0.1) is 5.56 Å². The molecule has 4 aromatic rings. The Bertz CT molecular complexity index is 1570. The second-order valence-electron chi connectivity index (χ2n) is 9.41. The molecule has 0 aromatic heterocycles. The summed E-state index contributed by atoms with van der Waals surface area (Å²) in [5, 5.41) is 0. The van der Waals surface area contributed by atoms with E-state index in [1.165, 1.54) is 0 Å². The fraction of sp³-hybridized carbons (Fsp3) is 0.188. The van der Waals surface area contributed by atoms with E-state index in [1.807, 2.05) is 84.0 Å². The van der Waals surface area contributed by atoms with Crippen molar-refractivity contribution in [3.8, 4) is 16.9 Å². The molecular formula is C32H29O4P. The van der Waals surface area contributed by atoms with Gasteiger partial charge in [0.1, 0.15) is 5.75 Å². The number of ketones is 2. The Morgan fingerprint density at radius 3 is 1.89 bits per heavy atom. The monoisotopic (exact) mass is 508 g/mol. The highest BCUT2D eigenvalue weighted by molar-refractivity contribution is 7.17. The zero-order valence-electron chi connectivity index (χ0n) is 21.9. The SMILES string of the molecule is Cc1ccc(C(=O)c2ccccc2-c2c(C)cc(C(=O)c3ccccc3OP=O)c(C)c2C)c(C)c1C. The molecule has 0 aliphatic carbocycles. The molecule has 0 bridgehead atoms. The van der Waals surface area contributed by atoms with Crippen LogP contribution < -0.4 is 4.52 Å². The molecule has 0 spiro atoms. The number of aryl methyl sites for hydroxylation is 2. The third kappa shape index (κ3) is 4.77. The van der Waals surface area contributed by atoms with Crippen LogP contribution in [0.15, 0.2) is 66.7 Å². The van der Waals surface area contributed by atoms with E-state index >= 15 is 0 Å². The molecule has 0 aliphatic rings. The van der Waals surface area contributed by atoms with Crippen LogP contribution in [0.1, 0.15) is 65.2 Å². The summed E-state index contributed by atoms with van der Waals surface area (Å²) in [5.41, 5.74) is 9.93. The molecule has 186 valence electrons. The largest absolute Gasteiger partial charge is 0.407 e. The second-order valence-corrected chi connectivity index (χ2v) is 9.74. The smallest absolute Gasteiger partial charge is 0.395 e. The molecule has 0 atom stereocenters. The van der Waals surface area contributed by atoms with Gasteiger partial charge in [0.15, 0.2) is 11.6 Å². The van der Waals surface area contributed by atoms with E-state index in [2.05, 4.69) is 0 Å². The molecule has 0 N–H and O–H groups in total. The summed E-state index contributed by atoms with van der Waals surface area (Å²) in [6.45, 7) is 11.9. The normalized spacial score (nSPS) is 11.0. The maximum absolute atomic E-state index is 13.8. The van der Waals surface area contributed by atoms with E-state index in [4.69, 9.17) is 4.52 Å². The lowest BCUT2D eigenvalue weighted by atomic mass is 9.83. The van der Waals surface area contributed by atoms with E-state index in [0.29, 0.717) is 22.3 Å². The van der Waals surface area contributed by atoms with Gasteiger partial charge in [-0.2, -0.15) is 0 Å². The van der Waals surface area contributed by atoms with Gasteiger partial charge in [-0.1, -0.05) is 48.5 Å². The summed E-state index contributed by atoms with van der Waals surface area (Å²) in [7, 11) is -0.518. The van der Waals surface area contributed by atoms with Gasteiger partial charge in [0.2, 0.25) is 0 Å². The van der Waals surface area contributed by atoms with Crippen LogP contribution in [0.3, 0.4) is 0 Å². The Morgan fingerprint density at radius 2 is 1.19 bits per heavy atom. The Hall–Kier alpha value is -3.88. The number of rotatable bonds is 7. The number of hydrogen-bond acceptors (Lipinski definition) is 4. The van der Waals surface area contributed by atoms with Crippen molar-refractivity contribution >= 4 is 20.3 Å². The second kappa shape index (κ2) is 10.6. The van der Waals surface area contributed by atoms with Gasteiger partial charge in [-0.05, 0) is 104 Å². The summed E-state index contributed by atoms with van der Waals surface area (Å²) in [6, 6.07) is 20.2. The molecule has 0 amide bonds. The lowest BCUT2D eigenvalue weighted by Crippen LogP contribution is -2.10. The molecule has 0 unspecified atom stereocenters. The van der Waals surface area contributed by atoms with Crippen LogP contribution in [0.2, 0.25) is 0 Å². The van der Waals surface area contributed by atoms with Crippen LogP contribution >= 0.6 is 8.69 Å². The summed E-state index contributed by atoms with van der Waals surface area (Å²) < 4.78 is 16.2. The Kier molecular flexibility index (Phi) is 7.52. The van der Waals surface area contributed by atoms with Crippen molar-refractivity contribution in [3.63, 3.8) is 0 Å². The van der Waals surface area contributed by atoms with Gasteiger partial charge in [0.25, 0.3) is 0 Å². The van der Waals surface area contributed by atoms with E-state index < -0.39 is 8.69 Å². The Balaban J connectivity index is 1.85. The first-order valence-corrected chi connectivity index (χ1v) is 12.9. The highest BCUT2D eigenvalue weighted by Gasteiger charge is 2.24. The molecule has 0 heterocycles. The van der Waals surface area contributed by atoms with Crippen LogP contribution in [0.5, 0.6) is 5.75 Å². The number of benzene rings is 4.